The highest BCUT2D eigenvalue weighted by atomic mass is 32.2. The first-order chi connectivity index (χ1) is 11.2. The summed E-state index contributed by atoms with van der Waals surface area (Å²) in [7, 11) is 2.04. The minimum absolute atomic E-state index is 0.261. The van der Waals surface area contributed by atoms with Gasteiger partial charge in [-0.15, -0.1) is 23.1 Å². The second-order valence-corrected chi connectivity index (χ2v) is 8.48. The third-order valence-electron chi connectivity index (χ3n) is 4.43. The molecule has 0 spiro atoms. The Labute approximate surface area is 146 Å². The number of hydrogen-bond donors (Lipinski definition) is 0. The molecule has 0 aromatic carbocycles. The number of rotatable bonds is 7. The van der Waals surface area contributed by atoms with E-state index in [-0.39, 0.29) is 5.91 Å². The number of aryl methyl sites for hydroxylation is 1. The average molecular weight is 349 g/mol. The first-order valence-electron chi connectivity index (χ1n) is 8.24. The number of aromatic nitrogens is 1. The van der Waals surface area contributed by atoms with Crippen molar-refractivity contribution in [2.75, 3.05) is 5.75 Å². The molecule has 5 heteroatoms. The molecule has 23 heavy (non-hydrogen) atoms. The summed E-state index contributed by atoms with van der Waals surface area (Å²) in [4.78, 5) is 16.0. The van der Waals surface area contributed by atoms with E-state index in [1.54, 1.807) is 11.3 Å². The molecule has 0 atom stereocenters. The van der Waals surface area contributed by atoms with Gasteiger partial charge in [-0.1, -0.05) is 18.9 Å². The van der Waals surface area contributed by atoms with Crippen LogP contribution >= 0.6 is 23.1 Å². The van der Waals surface area contributed by atoms with Gasteiger partial charge < -0.3 is 9.47 Å². The Kier molecular flexibility index (Phi) is 5.84. The summed E-state index contributed by atoms with van der Waals surface area (Å²) >= 11 is 3.58. The van der Waals surface area contributed by atoms with Crippen molar-refractivity contribution in [3.05, 3.63) is 46.4 Å². The second-order valence-electron chi connectivity index (χ2n) is 6.16. The summed E-state index contributed by atoms with van der Waals surface area (Å²) in [5.41, 5.74) is 1.18. The first kappa shape index (κ1) is 16.7. The van der Waals surface area contributed by atoms with Crippen LogP contribution in [0.5, 0.6) is 0 Å². The molecule has 3 nitrogen and oxygen atoms in total. The lowest BCUT2D eigenvalue weighted by Crippen LogP contribution is -2.32. The molecule has 2 aromatic heterocycles. The summed E-state index contributed by atoms with van der Waals surface area (Å²) in [6, 6.07) is 8.30. The van der Waals surface area contributed by atoms with Crippen LogP contribution in [0.1, 0.15) is 36.3 Å². The molecule has 0 aliphatic heterocycles. The standard InChI is InChI=1S/C18H24N2OS2/c1-19-10-4-6-15(19)12-20(13-17-9-5-11-22-17)18(21)14-23-16-7-2-3-8-16/h4-6,9-11,16H,2-3,7-8,12-14H2,1H3. The second kappa shape index (κ2) is 8.06. The van der Waals surface area contributed by atoms with Crippen LogP contribution in [0, 0.1) is 0 Å². The number of amides is 1. The van der Waals surface area contributed by atoms with Crippen LogP contribution in [0.25, 0.3) is 0 Å². The molecule has 1 fully saturated rings. The molecule has 1 aliphatic carbocycles. The predicted molar refractivity (Wildman–Crippen MR) is 98.7 cm³/mol. The minimum atomic E-state index is 0.261. The van der Waals surface area contributed by atoms with Gasteiger partial charge in [-0.25, -0.2) is 0 Å². The number of hydrogen-bond acceptors (Lipinski definition) is 3. The Morgan fingerprint density at radius 1 is 1.30 bits per heavy atom. The third kappa shape index (κ3) is 4.64. The highest BCUT2D eigenvalue weighted by Crippen LogP contribution is 2.29. The average Bonchev–Trinajstić information content (AvgIpc) is 3.28. The third-order valence-corrected chi connectivity index (χ3v) is 6.65. The van der Waals surface area contributed by atoms with E-state index < -0.39 is 0 Å². The summed E-state index contributed by atoms with van der Waals surface area (Å²) in [6.45, 7) is 1.40. The van der Waals surface area contributed by atoms with Gasteiger partial charge in [0.1, 0.15) is 0 Å². The maximum atomic E-state index is 12.8. The molecule has 3 rings (SSSR count). The van der Waals surface area contributed by atoms with E-state index in [2.05, 4.69) is 28.1 Å². The Morgan fingerprint density at radius 3 is 2.78 bits per heavy atom. The van der Waals surface area contributed by atoms with Gasteiger partial charge in [0.2, 0.25) is 5.91 Å². The van der Waals surface area contributed by atoms with Gasteiger partial charge in [-0.05, 0) is 36.4 Å². The van der Waals surface area contributed by atoms with Gasteiger partial charge in [0.25, 0.3) is 0 Å². The molecular formula is C18H24N2OS2. The maximum Gasteiger partial charge on any atom is 0.233 e. The van der Waals surface area contributed by atoms with Gasteiger partial charge in [-0.2, -0.15) is 0 Å². The van der Waals surface area contributed by atoms with Crippen LogP contribution in [0.4, 0.5) is 0 Å². The zero-order chi connectivity index (χ0) is 16.1. The highest BCUT2D eigenvalue weighted by Gasteiger charge is 2.20. The van der Waals surface area contributed by atoms with Crippen LogP contribution in [-0.2, 0) is 24.9 Å². The fraction of sp³-hybridized carbons (Fsp3) is 0.500. The van der Waals surface area contributed by atoms with E-state index in [1.807, 2.05) is 36.0 Å². The van der Waals surface area contributed by atoms with Crippen molar-refractivity contribution in [3.8, 4) is 0 Å². The smallest absolute Gasteiger partial charge is 0.233 e. The van der Waals surface area contributed by atoms with Crippen LogP contribution in [0.3, 0.4) is 0 Å². The van der Waals surface area contributed by atoms with Crippen molar-refractivity contribution >= 4 is 29.0 Å². The lowest BCUT2D eigenvalue weighted by Gasteiger charge is -2.23. The first-order valence-corrected chi connectivity index (χ1v) is 10.2. The quantitative estimate of drug-likeness (QED) is 0.746. The van der Waals surface area contributed by atoms with Crippen LogP contribution in [0.15, 0.2) is 35.8 Å². The minimum Gasteiger partial charge on any atom is -0.353 e. The Morgan fingerprint density at radius 2 is 2.13 bits per heavy atom. The van der Waals surface area contributed by atoms with Crippen molar-refractivity contribution in [2.24, 2.45) is 7.05 Å². The highest BCUT2D eigenvalue weighted by molar-refractivity contribution is 8.00. The zero-order valence-electron chi connectivity index (χ0n) is 13.6. The van der Waals surface area contributed by atoms with Gasteiger partial charge in [-0.3, -0.25) is 4.79 Å². The van der Waals surface area contributed by atoms with Gasteiger partial charge in [0.15, 0.2) is 0 Å². The van der Waals surface area contributed by atoms with E-state index in [1.165, 1.54) is 36.3 Å². The Balaban J connectivity index is 1.63. The van der Waals surface area contributed by atoms with Crippen molar-refractivity contribution in [2.45, 2.75) is 44.0 Å². The summed E-state index contributed by atoms with van der Waals surface area (Å²) in [5.74, 6) is 0.872. The fourth-order valence-corrected chi connectivity index (χ4v) is 4.96. The number of nitrogens with zero attached hydrogens (tertiary/aromatic N) is 2. The topological polar surface area (TPSA) is 25.2 Å². The van der Waals surface area contributed by atoms with Crippen molar-refractivity contribution < 1.29 is 4.79 Å². The van der Waals surface area contributed by atoms with Gasteiger partial charge >= 0.3 is 0 Å². The molecule has 0 radical (unpaired) electrons. The van der Waals surface area contributed by atoms with Crippen LogP contribution in [0.2, 0.25) is 0 Å². The monoisotopic (exact) mass is 348 g/mol. The SMILES string of the molecule is Cn1cccc1CN(Cc1cccs1)C(=O)CSC1CCCC1. The van der Waals surface area contributed by atoms with Crippen molar-refractivity contribution in [1.29, 1.82) is 0 Å². The fourth-order valence-electron chi connectivity index (χ4n) is 3.01. The summed E-state index contributed by atoms with van der Waals surface area (Å²) < 4.78 is 2.10. The predicted octanol–water partition coefficient (Wildman–Crippen LogP) is 4.29. The van der Waals surface area contributed by atoms with E-state index in [0.29, 0.717) is 24.1 Å². The van der Waals surface area contributed by atoms with E-state index >= 15 is 0 Å². The molecule has 2 heterocycles. The number of thioether (sulfide) groups is 1. The molecule has 0 unspecified atom stereocenters. The molecule has 1 aliphatic rings. The van der Waals surface area contributed by atoms with Crippen LogP contribution < -0.4 is 0 Å². The number of carbonyl (C=O) groups excluding carboxylic acids is 1. The summed E-state index contributed by atoms with van der Waals surface area (Å²) in [6.07, 6.45) is 7.25. The van der Waals surface area contributed by atoms with E-state index in [0.717, 1.165) is 0 Å². The normalized spacial score (nSPS) is 15.2. The number of carbonyl (C=O) groups is 1. The molecule has 0 N–H and O–H groups in total. The molecule has 0 bridgehead atoms. The molecule has 124 valence electrons. The Hall–Kier alpha value is -1.20. The van der Waals surface area contributed by atoms with Gasteiger partial charge in [0, 0.05) is 29.1 Å². The van der Waals surface area contributed by atoms with Gasteiger partial charge in [0.05, 0.1) is 18.8 Å². The molecule has 1 amide bonds. The molecule has 2 aromatic rings. The van der Waals surface area contributed by atoms with E-state index in [9.17, 15) is 4.79 Å². The molecule has 0 saturated heterocycles. The lowest BCUT2D eigenvalue weighted by atomic mass is 10.3. The van der Waals surface area contributed by atoms with E-state index in [4.69, 9.17) is 0 Å². The molecular weight excluding hydrogens is 324 g/mol. The lowest BCUT2D eigenvalue weighted by molar-refractivity contribution is -0.129. The Bertz CT molecular complexity index is 615. The van der Waals surface area contributed by atoms with Crippen LogP contribution in [-0.4, -0.2) is 26.4 Å². The van der Waals surface area contributed by atoms with Crippen molar-refractivity contribution in [1.82, 2.24) is 9.47 Å². The van der Waals surface area contributed by atoms with Crippen molar-refractivity contribution in [3.63, 3.8) is 0 Å². The maximum absolute atomic E-state index is 12.8. The zero-order valence-corrected chi connectivity index (χ0v) is 15.2. The molecule has 1 saturated carbocycles. The largest absolute Gasteiger partial charge is 0.353 e. The summed E-state index contributed by atoms with van der Waals surface area (Å²) in [5, 5.41) is 2.77. The number of thiophene rings is 1.